The molecule has 0 aromatic rings. The molecule has 0 radical (unpaired) electrons. The van der Waals surface area contributed by atoms with Crippen molar-refractivity contribution in [3.05, 3.63) is 46.6 Å². The molecule has 0 unspecified atom stereocenters. The van der Waals surface area contributed by atoms with Crippen LogP contribution in [0.4, 0.5) is 0 Å². The van der Waals surface area contributed by atoms with Crippen LogP contribution in [0, 0.1) is 12.2 Å². The van der Waals surface area contributed by atoms with Crippen LogP contribution < -0.4 is 0 Å². The predicted molar refractivity (Wildman–Crippen MR) is 70.8 cm³/mol. The Morgan fingerprint density at radius 2 is 1.24 bits per heavy atom. The van der Waals surface area contributed by atoms with Gasteiger partial charge in [-0.3, -0.25) is 0 Å². The molecule has 0 spiro atoms. The van der Waals surface area contributed by atoms with Crippen LogP contribution in [0.1, 0.15) is 53.4 Å². The molecular weight excluding hydrogens is 248 g/mol. The van der Waals surface area contributed by atoms with Gasteiger partial charge in [0, 0.05) is 0 Å². The SMILES string of the molecule is CCC1=CCC(C)=[C-]1.CCC1=CCC(C)=[C-]1.[Fe+2]. The summed E-state index contributed by atoms with van der Waals surface area (Å²) >= 11 is 0. The third kappa shape index (κ3) is 6.10. The van der Waals surface area contributed by atoms with E-state index in [1.807, 2.05) is 0 Å². The molecule has 0 amide bonds. The predicted octanol–water partition coefficient (Wildman–Crippen LogP) is 4.95. The molecule has 17 heavy (non-hydrogen) atoms. The van der Waals surface area contributed by atoms with Gasteiger partial charge >= 0.3 is 17.1 Å². The molecule has 0 fully saturated rings. The van der Waals surface area contributed by atoms with E-state index in [1.165, 1.54) is 22.3 Å². The average Bonchev–Trinajstić information content (AvgIpc) is 2.88. The molecule has 0 heterocycles. The van der Waals surface area contributed by atoms with Crippen LogP contribution >= 0.6 is 0 Å². The van der Waals surface area contributed by atoms with E-state index in [4.69, 9.17) is 0 Å². The van der Waals surface area contributed by atoms with Gasteiger partial charge < -0.3 is 0 Å². The number of rotatable bonds is 2. The first-order chi connectivity index (χ1) is 7.65. The maximum atomic E-state index is 3.28. The Balaban J connectivity index is 0.000000284. The van der Waals surface area contributed by atoms with Crippen molar-refractivity contribution in [3.63, 3.8) is 0 Å². The van der Waals surface area contributed by atoms with Crippen LogP contribution in [0.25, 0.3) is 0 Å². The van der Waals surface area contributed by atoms with Gasteiger partial charge in [-0.2, -0.15) is 11.1 Å². The summed E-state index contributed by atoms with van der Waals surface area (Å²) in [5, 5.41) is 0. The summed E-state index contributed by atoms with van der Waals surface area (Å²) < 4.78 is 0. The minimum absolute atomic E-state index is 0. The van der Waals surface area contributed by atoms with Gasteiger partial charge in [0.2, 0.25) is 0 Å². The van der Waals surface area contributed by atoms with Crippen molar-refractivity contribution in [1.82, 2.24) is 0 Å². The fourth-order valence-electron chi connectivity index (χ4n) is 1.77. The summed E-state index contributed by atoms with van der Waals surface area (Å²) in [6.45, 7) is 8.58. The van der Waals surface area contributed by atoms with E-state index in [9.17, 15) is 0 Å². The molecule has 0 aromatic carbocycles. The number of allylic oxidation sites excluding steroid dienone is 8. The largest absolute Gasteiger partial charge is 2.00 e. The molecule has 0 bridgehead atoms. The smallest absolute Gasteiger partial charge is 0.250 e. The molecule has 1 heteroatoms. The van der Waals surface area contributed by atoms with Crippen molar-refractivity contribution in [3.8, 4) is 0 Å². The van der Waals surface area contributed by atoms with Crippen LogP contribution in [0.3, 0.4) is 0 Å². The van der Waals surface area contributed by atoms with E-state index in [0.29, 0.717) is 0 Å². The van der Waals surface area contributed by atoms with E-state index in [1.54, 1.807) is 0 Å². The Labute approximate surface area is 117 Å². The summed E-state index contributed by atoms with van der Waals surface area (Å²) in [5.74, 6) is 0. The summed E-state index contributed by atoms with van der Waals surface area (Å²) in [5.41, 5.74) is 5.51. The van der Waals surface area contributed by atoms with Crippen LogP contribution in [0.5, 0.6) is 0 Å². The topological polar surface area (TPSA) is 0 Å². The van der Waals surface area contributed by atoms with E-state index < -0.39 is 0 Å². The van der Waals surface area contributed by atoms with E-state index >= 15 is 0 Å². The van der Waals surface area contributed by atoms with Gasteiger partial charge in [-0.1, -0.05) is 53.4 Å². The van der Waals surface area contributed by atoms with Gasteiger partial charge in [-0.15, -0.1) is 0 Å². The van der Waals surface area contributed by atoms with Gasteiger partial charge in [-0.05, 0) is 0 Å². The van der Waals surface area contributed by atoms with Crippen LogP contribution in [0.15, 0.2) is 34.4 Å². The maximum absolute atomic E-state index is 3.28. The minimum atomic E-state index is 0. The second kappa shape index (κ2) is 8.55. The van der Waals surface area contributed by atoms with Crippen molar-refractivity contribution in [2.75, 3.05) is 0 Å². The summed E-state index contributed by atoms with van der Waals surface area (Å²) in [4.78, 5) is 0. The normalized spacial score (nSPS) is 17.2. The molecule has 2 aliphatic rings. The monoisotopic (exact) mass is 270 g/mol. The summed E-state index contributed by atoms with van der Waals surface area (Å²) in [6.07, 6.45) is 15.6. The molecule has 0 saturated heterocycles. The van der Waals surface area contributed by atoms with Crippen molar-refractivity contribution in [1.29, 1.82) is 0 Å². The Hall–Kier alpha value is -0.521. The van der Waals surface area contributed by atoms with Gasteiger partial charge in [0.1, 0.15) is 0 Å². The Bertz CT molecular complexity index is 318. The molecule has 0 saturated carbocycles. The van der Waals surface area contributed by atoms with Gasteiger partial charge in [-0.25, -0.2) is 35.5 Å². The molecule has 0 aliphatic heterocycles. The third-order valence-corrected chi connectivity index (χ3v) is 2.82. The zero-order valence-corrected chi connectivity index (χ0v) is 12.4. The Morgan fingerprint density at radius 1 is 0.882 bits per heavy atom. The molecule has 0 nitrogen and oxygen atoms in total. The molecule has 94 valence electrons. The molecule has 0 atom stereocenters. The van der Waals surface area contributed by atoms with Crippen molar-refractivity contribution >= 4 is 0 Å². The summed E-state index contributed by atoms with van der Waals surface area (Å²) in [6, 6.07) is 0. The van der Waals surface area contributed by atoms with Crippen molar-refractivity contribution in [2.24, 2.45) is 0 Å². The number of hydrogen-bond acceptors (Lipinski definition) is 0. The van der Waals surface area contributed by atoms with Crippen molar-refractivity contribution in [2.45, 2.75) is 53.4 Å². The molecule has 0 aromatic heterocycles. The van der Waals surface area contributed by atoms with Gasteiger partial charge in [0.05, 0.1) is 0 Å². The van der Waals surface area contributed by atoms with E-state index in [0.717, 1.165) is 25.7 Å². The fourth-order valence-corrected chi connectivity index (χ4v) is 1.77. The van der Waals surface area contributed by atoms with Crippen LogP contribution in [-0.4, -0.2) is 0 Å². The molecular formula is C16H22Fe. The quantitative estimate of drug-likeness (QED) is 0.492. The number of hydrogen-bond donors (Lipinski definition) is 0. The summed E-state index contributed by atoms with van der Waals surface area (Å²) in [7, 11) is 0. The van der Waals surface area contributed by atoms with E-state index in [2.05, 4.69) is 52.0 Å². The third-order valence-electron chi connectivity index (χ3n) is 2.82. The first-order valence-corrected chi connectivity index (χ1v) is 6.22. The zero-order chi connectivity index (χ0) is 12.0. The molecule has 0 N–H and O–H groups in total. The zero-order valence-electron chi connectivity index (χ0n) is 11.3. The Kier molecular flexibility index (Phi) is 8.29. The van der Waals surface area contributed by atoms with Gasteiger partial charge in [0.25, 0.3) is 0 Å². The first kappa shape index (κ1) is 16.5. The van der Waals surface area contributed by atoms with Crippen molar-refractivity contribution < 1.29 is 17.1 Å². The second-order valence-corrected chi connectivity index (χ2v) is 4.38. The van der Waals surface area contributed by atoms with Gasteiger partial charge in [0.15, 0.2) is 0 Å². The van der Waals surface area contributed by atoms with E-state index in [-0.39, 0.29) is 17.1 Å². The van der Waals surface area contributed by atoms with Crippen LogP contribution in [0.2, 0.25) is 0 Å². The molecule has 2 aliphatic carbocycles. The first-order valence-electron chi connectivity index (χ1n) is 6.22. The maximum Gasteiger partial charge on any atom is 2.00 e. The second-order valence-electron chi connectivity index (χ2n) is 4.38. The molecule has 2 rings (SSSR count). The minimum Gasteiger partial charge on any atom is -0.250 e. The average molecular weight is 270 g/mol. The Morgan fingerprint density at radius 3 is 1.35 bits per heavy atom. The van der Waals surface area contributed by atoms with Crippen LogP contribution in [-0.2, 0) is 17.1 Å². The standard InChI is InChI=1S/2C8H11.Fe/c2*1-3-8-5-4-7(2)6-8;/h2*5H,3-4H2,1-2H3;/q2*-1;+2. The fraction of sp³-hybridized carbons (Fsp3) is 0.500.